The second-order valence-corrected chi connectivity index (χ2v) is 9.58. The minimum absolute atomic E-state index is 0.0177. The fraction of sp³-hybridized carbons (Fsp3) is 0.667. The molecule has 3 atom stereocenters. The van der Waals surface area contributed by atoms with Crippen LogP contribution in [0.15, 0.2) is 18.2 Å². The normalized spacial score (nSPS) is 23.8. The van der Waals surface area contributed by atoms with Crippen LogP contribution >= 0.6 is 0 Å². The number of nitrogens with one attached hydrogen (secondary N) is 1. The molecule has 0 spiro atoms. The molecule has 3 heterocycles. The average Bonchev–Trinajstić information content (AvgIpc) is 3.22. The molecule has 13 heteroatoms. The summed E-state index contributed by atoms with van der Waals surface area (Å²) < 4.78 is 75.1. The van der Waals surface area contributed by atoms with Crippen molar-refractivity contribution in [3.8, 4) is 0 Å². The third-order valence-electron chi connectivity index (χ3n) is 7.21. The van der Waals surface area contributed by atoms with Gasteiger partial charge in [0.05, 0.1) is 17.3 Å². The van der Waals surface area contributed by atoms with E-state index < -0.39 is 35.6 Å². The predicted molar refractivity (Wildman–Crippen MR) is 123 cm³/mol. The van der Waals surface area contributed by atoms with Gasteiger partial charge in [-0.25, -0.2) is 4.79 Å². The molecule has 0 bridgehead atoms. The van der Waals surface area contributed by atoms with E-state index in [2.05, 4.69) is 10.2 Å². The molecule has 0 radical (unpaired) electrons. The lowest BCUT2D eigenvalue weighted by atomic mass is 10.0. The first-order valence-corrected chi connectivity index (χ1v) is 12.2. The highest BCUT2D eigenvalue weighted by Gasteiger charge is 2.40. The summed E-state index contributed by atoms with van der Waals surface area (Å²) in [4.78, 5) is 28.8. The number of likely N-dealkylation sites (tertiary alicyclic amines) is 1. The van der Waals surface area contributed by atoms with Crippen LogP contribution in [0.2, 0.25) is 0 Å². The van der Waals surface area contributed by atoms with Crippen LogP contribution in [-0.2, 0) is 17.1 Å². The number of piperazine rings is 1. The van der Waals surface area contributed by atoms with E-state index in [9.17, 15) is 41.0 Å². The number of amides is 2. The summed E-state index contributed by atoms with van der Waals surface area (Å²) in [6.45, 7) is 4.52. The van der Waals surface area contributed by atoms with Gasteiger partial charge in [-0.1, -0.05) is 0 Å². The Morgan fingerprint density at radius 3 is 2.16 bits per heavy atom. The average molecular weight is 539 g/mol. The zero-order chi connectivity index (χ0) is 27.5. The number of halogens is 6. The summed E-state index contributed by atoms with van der Waals surface area (Å²) in [6.07, 6.45) is -5.83. The molecule has 3 aliphatic heterocycles. The van der Waals surface area contributed by atoms with E-state index in [0.29, 0.717) is 19.0 Å². The Hall–Kier alpha value is -2.54. The van der Waals surface area contributed by atoms with Gasteiger partial charge < -0.3 is 15.3 Å². The van der Waals surface area contributed by atoms with Gasteiger partial charge >= 0.3 is 18.4 Å². The Kier molecular flexibility index (Phi) is 8.99. The van der Waals surface area contributed by atoms with Crippen LogP contribution in [0.3, 0.4) is 0 Å². The fourth-order valence-corrected chi connectivity index (χ4v) is 5.07. The van der Waals surface area contributed by atoms with Crippen molar-refractivity contribution in [3.63, 3.8) is 0 Å². The third kappa shape index (κ3) is 7.07. The van der Waals surface area contributed by atoms with E-state index in [0.717, 1.165) is 57.5 Å². The SMILES string of the molecule is CN[C@H](C)c1cc(C(F)(F)F)cc(C(F)(F)F)c1.O=C(O)N1CCCCC1N1CCN2C(=O)CC[C@H]2C1. The van der Waals surface area contributed by atoms with Crippen molar-refractivity contribution >= 4 is 12.0 Å². The van der Waals surface area contributed by atoms with Gasteiger partial charge in [0.1, 0.15) is 0 Å². The van der Waals surface area contributed by atoms with Crippen LogP contribution < -0.4 is 5.32 Å². The van der Waals surface area contributed by atoms with Gasteiger partial charge in [0.15, 0.2) is 0 Å². The molecule has 4 rings (SSSR count). The molecule has 208 valence electrons. The number of nitrogens with zero attached hydrogens (tertiary/aromatic N) is 3. The number of piperidine rings is 1. The zero-order valence-electron chi connectivity index (χ0n) is 20.7. The number of carboxylic acid groups (broad SMARTS) is 1. The molecule has 3 aliphatic rings. The highest BCUT2D eigenvalue weighted by Crippen LogP contribution is 2.37. The zero-order valence-corrected chi connectivity index (χ0v) is 20.7. The van der Waals surface area contributed by atoms with Gasteiger partial charge in [-0.3, -0.25) is 14.6 Å². The van der Waals surface area contributed by atoms with E-state index in [1.807, 2.05) is 4.90 Å². The molecule has 3 fully saturated rings. The van der Waals surface area contributed by atoms with E-state index in [-0.39, 0.29) is 23.7 Å². The molecule has 2 N–H and O–H groups in total. The Balaban J connectivity index is 0.000000206. The molecule has 1 aromatic carbocycles. The summed E-state index contributed by atoms with van der Waals surface area (Å²) in [5, 5.41) is 11.9. The monoisotopic (exact) mass is 538 g/mol. The second-order valence-electron chi connectivity index (χ2n) is 9.58. The Labute approximate surface area is 211 Å². The summed E-state index contributed by atoms with van der Waals surface area (Å²) in [7, 11) is 1.46. The maximum Gasteiger partial charge on any atom is 0.416 e. The molecule has 1 aromatic rings. The lowest BCUT2D eigenvalue weighted by Gasteiger charge is -2.46. The van der Waals surface area contributed by atoms with Crippen molar-refractivity contribution in [2.45, 2.75) is 69.6 Å². The summed E-state index contributed by atoms with van der Waals surface area (Å²) in [6, 6.07) is 1.26. The topological polar surface area (TPSA) is 76.1 Å². The minimum atomic E-state index is -4.80. The first-order valence-electron chi connectivity index (χ1n) is 12.2. The molecular formula is C24H32F6N4O3. The quantitative estimate of drug-likeness (QED) is 0.542. The highest BCUT2D eigenvalue weighted by molar-refractivity contribution is 5.79. The van der Waals surface area contributed by atoms with Gasteiger partial charge in [0.25, 0.3) is 0 Å². The lowest BCUT2D eigenvalue weighted by molar-refractivity contribution is -0.143. The van der Waals surface area contributed by atoms with Crippen molar-refractivity contribution in [2.75, 3.05) is 33.2 Å². The Morgan fingerprint density at radius 2 is 1.62 bits per heavy atom. The van der Waals surface area contributed by atoms with Crippen LogP contribution in [0.4, 0.5) is 31.1 Å². The van der Waals surface area contributed by atoms with Crippen LogP contribution in [0.25, 0.3) is 0 Å². The van der Waals surface area contributed by atoms with Crippen molar-refractivity contribution in [1.29, 1.82) is 0 Å². The van der Waals surface area contributed by atoms with Gasteiger partial charge in [0, 0.05) is 44.7 Å². The summed E-state index contributed by atoms with van der Waals surface area (Å²) in [5.74, 6) is 0.267. The molecule has 0 saturated carbocycles. The lowest BCUT2D eigenvalue weighted by Crippen LogP contribution is -2.60. The fourth-order valence-electron chi connectivity index (χ4n) is 5.07. The van der Waals surface area contributed by atoms with Crippen molar-refractivity contribution < 1.29 is 41.0 Å². The number of hydrogen-bond donors (Lipinski definition) is 2. The molecule has 1 unspecified atom stereocenters. The van der Waals surface area contributed by atoms with Crippen LogP contribution in [0, 0.1) is 0 Å². The number of carbonyl (C=O) groups is 2. The number of carbonyl (C=O) groups excluding carboxylic acids is 1. The Bertz CT molecular complexity index is 939. The van der Waals surface area contributed by atoms with E-state index in [1.165, 1.54) is 14.0 Å². The molecule has 0 aromatic heterocycles. The first-order chi connectivity index (χ1) is 17.2. The number of rotatable bonds is 3. The molecular weight excluding hydrogens is 506 g/mol. The number of fused-ring (bicyclic) bond motifs is 1. The van der Waals surface area contributed by atoms with E-state index in [1.54, 1.807) is 4.90 Å². The maximum absolute atomic E-state index is 12.5. The highest BCUT2D eigenvalue weighted by atomic mass is 19.4. The van der Waals surface area contributed by atoms with Gasteiger partial charge in [0.2, 0.25) is 5.91 Å². The number of benzene rings is 1. The standard InChI is InChI=1S/C13H21N3O3.C11H11F6N/c17-12-5-4-10-9-14(7-8-15(10)12)11-3-1-2-6-16(11)13(18)19;1-6(18-2)7-3-8(10(12,13)14)5-9(4-7)11(15,16)17/h10-11H,1-9H2,(H,18,19);3-6,18H,1-2H3/t10-,11?;6-/m01/s1. The molecule has 7 nitrogen and oxygen atoms in total. The molecule has 2 amide bonds. The van der Waals surface area contributed by atoms with Crippen LogP contribution in [0.5, 0.6) is 0 Å². The summed E-state index contributed by atoms with van der Waals surface area (Å²) in [5.41, 5.74) is -2.65. The number of alkyl halides is 6. The molecule has 0 aliphatic carbocycles. The van der Waals surface area contributed by atoms with Crippen molar-refractivity contribution in [3.05, 3.63) is 34.9 Å². The minimum Gasteiger partial charge on any atom is -0.465 e. The molecule has 37 heavy (non-hydrogen) atoms. The summed E-state index contributed by atoms with van der Waals surface area (Å²) >= 11 is 0. The first kappa shape index (κ1) is 29.0. The van der Waals surface area contributed by atoms with E-state index in [4.69, 9.17) is 0 Å². The number of hydrogen-bond acceptors (Lipinski definition) is 4. The Morgan fingerprint density at radius 1 is 1.00 bits per heavy atom. The predicted octanol–water partition coefficient (Wildman–Crippen LogP) is 4.79. The largest absolute Gasteiger partial charge is 0.465 e. The smallest absolute Gasteiger partial charge is 0.416 e. The van der Waals surface area contributed by atoms with Gasteiger partial charge in [-0.05, 0) is 63.4 Å². The maximum atomic E-state index is 12.5. The van der Waals surface area contributed by atoms with E-state index >= 15 is 0 Å². The van der Waals surface area contributed by atoms with Crippen molar-refractivity contribution in [1.82, 2.24) is 20.0 Å². The third-order valence-corrected chi connectivity index (χ3v) is 7.21. The van der Waals surface area contributed by atoms with Crippen molar-refractivity contribution in [2.24, 2.45) is 0 Å². The van der Waals surface area contributed by atoms with Crippen LogP contribution in [-0.4, -0.2) is 77.2 Å². The second kappa shape index (κ2) is 11.5. The molecule has 3 saturated heterocycles. The van der Waals surface area contributed by atoms with Crippen LogP contribution in [0.1, 0.15) is 61.8 Å². The van der Waals surface area contributed by atoms with Gasteiger partial charge in [-0.15, -0.1) is 0 Å². The van der Waals surface area contributed by atoms with Gasteiger partial charge in [-0.2, -0.15) is 26.3 Å².